The largest absolute Gasteiger partial charge is 0.481 e. The molecule has 1 aliphatic heterocycles. The SMILES string of the molecule is CC(=O)O.CC1(Cn2ccnc2-c2cccc(C#N)c2)COC1. The van der Waals surface area contributed by atoms with Gasteiger partial charge in [-0.2, -0.15) is 5.26 Å². The molecule has 0 spiro atoms. The van der Waals surface area contributed by atoms with Crippen molar-refractivity contribution < 1.29 is 14.6 Å². The first kappa shape index (κ1) is 16.7. The number of imidazole rings is 1. The summed E-state index contributed by atoms with van der Waals surface area (Å²) in [6.45, 7) is 5.77. The lowest BCUT2D eigenvalue weighted by Crippen LogP contribution is -2.43. The maximum Gasteiger partial charge on any atom is 0.300 e. The van der Waals surface area contributed by atoms with Crippen molar-refractivity contribution in [2.24, 2.45) is 5.41 Å². The second-order valence-corrected chi connectivity index (χ2v) is 5.89. The van der Waals surface area contributed by atoms with E-state index in [4.69, 9.17) is 19.9 Å². The van der Waals surface area contributed by atoms with Crippen LogP contribution in [0.1, 0.15) is 19.4 Å². The van der Waals surface area contributed by atoms with Gasteiger partial charge in [-0.25, -0.2) is 4.98 Å². The summed E-state index contributed by atoms with van der Waals surface area (Å²) in [5.41, 5.74) is 1.83. The molecule has 1 fully saturated rings. The topological polar surface area (TPSA) is 88.1 Å². The molecule has 1 aliphatic rings. The number of carboxylic acid groups (broad SMARTS) is 1. The van der Waals surface area contributed by atoms with Gasteiger partial charge in [0, 0.05) is 36.8 Å². The van der Waals surface area contributed by atoms with Crippen LogP contribution >= 0.6 is 0 Å². The highest BCUT2D eigenvalue weighted by atomic mass is 16.5. The summed E-state index contributed by atoms with van der Waals surface area (Å²) in [5.74, 6) is 0.0743. The molecule has 6 nitrogen and oxygen atoms in total. The van der Waals surface area contributed by atoms with Gasteiger partial charge in [0.25, 0.3) is 5.97 Å². The average Bonchev–Trinajstić information content (AvgIpc) is 2.93. The van der Waals surface area contributed by atoms with Crippen LogP contribution in [0.25, 0.3) is 11.4 Å². The van der Waals surface area contributed by atoms with E-state index in [9.17, 15) is 0 Å². The second kappa shape index (κ2) is 7.07. The Morgan fingerprint density at radius 2 is 2.22 bits per heavy atom. The Bertz CT molecular complexity index is 723. The molecule has 0 atom stereocenters. The predicted octanol–water partition coefficient (Wildman–Crippen LogP) is 2.55. The van der Waals surface area contributed by atoms with Gasteiger partial charge in [0.15, 0.2) is 0 Å². The number of aromatic nitrogens is 2. The Kier molecular flexibility index (Phi) is 5.14. The summed E-state index contributed by atoms with van der Waals surface area (Å²) in [4.78, 5) is 13.4. The molecule has 0 aliphatic carbocycles. The number of carboxylic acids is 1. The van der Waals surface area contributed by atoms with Crippen LogP contribution in [-0.2, 0) is 16.1 Å². The molecule has 1 aromatic heterocycles. The van der Waals surface area contributed by atoms with Crippen LogP contribution in [0.4, 0.5) is 0 Å². The fraction of sp³-hybridized carbons (Fsp3) is 0.353. The summed E-state index contributed by atoms with van der Waals surface area (Å²) >= 11 is 0. The van der Waals surface area contributed by atoms with E-state index in [0.29, 0.717) is 5.56 Å². The number of hydrogen-bond acceptors (Lipinski definition) is 4. The van der Waals surface area contributed by atoms with Gasteiger partial charge in [0.1, 0.15) is 5.82 Å². The van der Waals surface area contributed by atoms with Gasteiger partial charge in [0.2, 0.25) is 0 Å². The standard InChI is InChI=1S/C15H15N3O.C2H4O2/c1-15(10-19-11-15)9-18-6-5-17-14(18)13-4-2-3-12(7-13)8-16;1-2(3)4/h2-7H,9-11H2,1H3;1H3,(H,3,4). The van der Waals surface area contributed by atoms with Crippen molar-refractivity contribution in [3.05, 3.63) is 42.2 Å². The second-order valence-electron chi connectivity index (χ2n) is 5.89. The number of hydrogen-bond donors (Lipinski definition) is 1. The number of rotatable bonds is 3. The molecule has 2 heterocycles. The summed E-state index contributed by atoms with van der Waals surface area (Å²) in [6, 6.07) is 9.71. The van der Waals surface area contributed by atoms with Crippen LogP contribution in [0.2, 0.25) is 0 Å². The van der Waals surface area contributed by atoms with E-state index in [-0.39, 0.29) is 5.41 Å². The number of ether oxygens (including phenoxy) is 1. The van der Waals surface area contributed by atoms with E-state index in [1.165, 1.54) is 0 Å². The van der Waals surface area contributed by atoms with Gasteiger partial charge in [-0.3, -0.25) is 4.79 Å². The van der Waals surface area contributed by atoms with Crippen molar-refractivity contribution in [2.45, 2.75) is 20.4 Å². The van der Waals surface area contributed by atoms with Crippen molar-refractivity contribution in [1.82, 2.24) is 9.55 Å². The Morgan fingerprint density at radius 1 is 1.52 bits per heavy atom. The van der Waals surface area contributed by atoms with Gasteiger partial charge in [-0.05, 0) is 12.1 Å². The van der Waals surface area contributed by atoms with Gasteiger partial charge in [-0.1, -0.05) is 19.1 Å². The Hall–Kier alpha value is -2.65. The van der Waals surface area contributed by atoms with Crippen LogP contribution < -0.4 is 0 Å². The lowest BCUT2D eigenvalue weighted by molar-refractivity contribution is -0.134. The average molecular weight is 313 g/mol. The molecule has 23 heavy (non-hydrogen) atoms. The highest BCUT2D eigenvalue weighted by molar-refractivity contribution is 5.63. The van der Waals surface area contributed by atoms with Gasteiger partial charge in [0.05, 0.1) is 24.8 Å². The Labute approximate surface area is 135 Å². The minimum absolute atomic E-state index is 0.197. The normalized spacial score (nSPS) is 14.8. The summed E-state index contributed by atoms with van der Waals surface area (Å²) in [6.07, 6.45) is 3.79. The zero-order valence-corrected chi connectivity index (χ0v) is 13.2. The monoisotopic (exact) mass is 313 g/mol. The Morgan fingerprint density at radius 3 is 2.78 bits per heavy atom. The zero-order chi connectivity index (χ0) is 16.9. The van der Waals surface area contributed by atoms with Crippen LogP contribution in [0.15, 0.2) is 36.7 Å². The third-order valence-electron chi connectivity index (χ3n) is 3.42. The van der Waals surface area contributed by atoms with Gasteiger partial charge in [-0.15, -0.1) is 0 Å². The molecule has 1 N–H and O–H groups in total. The summed E-state index contributed by atoms with van der Waals surface area (Å²) in [5, 5.41) is 16.4. The molecule has 0 radical (unpaired) electrons. The lowest BCUT2D eigenvalue weighted by atomic mass is 9.88. The minimum Gasteiger partial charge on any atom is -0.481 e. The molecule has 6 heteroatoms. The lowest BCUT2D eigenvalue weighted by Gasteiger charge is -2.38. The van der Waals surface area contributed by atoms with Crippen molar-refractivity contribution >= 4 is 5.97 Å². The Balaban J connectivity index is 0.000000433. The fourth-order valence-electron chi connectivity index (χ4n) is 2.38. The third kappa shape index (κ3) is 4.41. The summed E-state index contributed by atoms with van der Waals surface area (Å²) < 4.78 is 7.43. The molecule has 0 amide bonds. The van der Waals surface area contributed by atoms with E-state index in [1.807, 2.05) is 24.4 Å². The van der Waals surface area contributed by atoms with Gasteiger partial charge < -0.3 is 14.4 Å². The van der Waals surface area contributed by atoms with E-state index < -0.39 is 5.97 Å². The maximum atomic E-state index is 9.00. The third-order valence-corrected chi connectivity index (χ3v) is 3.42. The number of nitrogens with zero attached hydrogens (tertiary/aromatic N) is 3. The van der Waals surface area contributed by atoms with E-state index >= 15 is 0 Å². The van der Waals surface area contributed by atoms with Crippen molar-refractivity contribution in [2.75, 3.05) is 13.2 Å². The van der Waals surface area contributed by atoms with E-state index in [1.54, 1.807) is 12.3 Å². The molecule has 1 saturated heterocycles. The molecule has 2 aromatic rings. The zero-order valence-electron chi connectivity index (χ0n) is 13.2. The summed E-state index contributed by atoms with van der Waals surface area (Å²) in [7, 11) is 0. The van der Waals surface area contributed by atoms with Crippen LogP contribution in [-0.4, -0.2) is 33.8 Å². The first-order valence-corrected chi connectivity index (χ1v) is 7.22. The fourth-order valence-corrected chi connectivity index (χ4v) is 2.38. The first-order valence-electron chi connectivity index (χ1n) is 7.22. The van der Waals surface area contributed by atoms with Crippen molar-refractivity contribution in [1.29, 1.82) is 5.26 Å². The minimum atomic E-state index is -0.833. The molecule has 120 valence electrons. The maximum absolute atomic E-state index is 9.00. The van der Waals surface area contributed by atoms with E-state index in [2.05, 4.69) is 22.5 Å². The van der Waals surface area contributed by atoms with Crippen LogP contribution in [0.5, 0.6) is 0 Å². The molecule has 0 bridgehead atoms. The first-order chi connectivity index (χ1) is 10.9. The molecule has 0 saturated carbocycles. The highest BCUT2D eigenvalue weighted by Gasteiger charge is 2.34. The quantitative estimate of drug-likeness (QED) is 0.940. The number of aliphatic carboxylic acids is 1. The molecular weight excluding hydrogens is 294 g/mol. The smallest absolute Gasteiger partial charge is 0.300 e. The molecule has 1 aromatic carbocycles. The predicted molar refractivity (Wildman–Crippen MR) is 84.6 cm³/mol. The number of nitriles is 1. The van der Waals surface area contributed by atoms with Crippen LogP contribution in [0.3, 0.4) is 0 Å². The van der Waals surface area contributed by atoms with Gasteiger partial charge >= 0.3 is 0 Å². The molecular formula is C17H19N3O3. The molecule has 3 rings (SSSR count). The van der Waals surface area contributed by atoms with Crippen LogP contribution in [0, 0.1) is 16.7 Å². The number of benzene rings is 1. The highest BCUT2D eigenvalue weighted by Crippen LogP contribution is 2.30. The van der Waals surface area contributed by atoms with Crippen molar-refractivity contribution in [3.63, 3.8) is 0 Å². The number of carbonyl (C=O) groups is 1. The van der Waals surface area contributed by atoms with E-state index in [0.717, 1.165) is 38.1 Å². The van der Waals surface area contributed by atoms with Crippen molar-refractivity contribution in [3.8, 4) is 17.5 Å². The molecule has 0 unspecified atom stereocenters.